The van der Waals surface area contributed by atoms with E-state index in [1.165, 1.54) is 5.56 Å². The molecule has 110 valence electrons. The number of fused-ring (bicyclic) bond motifs is 2. The van der Waals surface area contributed by atoms with Crippen LogP contribution in [0.1, 0.15) is 34.5 Å². The lowest BCUT2D eigenvalue weighted by Crippen LogP contribution is -2.15. The number of aromatic nitrogens is 1. The molecule has 22 heavy (non-hydrogen) atoms. The number of pyridine rings is 1. The first-order valence-corrected chi connectivity index (χ1v) is 8.27. The molecule has 0 saturated heterocycles. The smallest absolute Gasteiger partial charge is 0.166 e. The van der Waals surface area contributed by atoms with E-state index in [1.54, 1.807) is 11.3 Å². The third-order valence-electron chi connectivity index (χ3n) is 4.20. The fraction of sp³-hybridized carbons (Fsp3) is 0.222. The van der Waals surface area contributed by atoms with Gasteiger partial charge >= 0.3 is 0 Å². The Bertz CT molecular complexity index is 894. The van der Waals surface area contributed by atoms with Gasteiger partial charge in [-0.2, -0.15) is 0 Å². The summed E-state index contributed by atoms with van der Waals surface area (Å²) in [6.07, 6.45) is 2.30. The first-order chi connectivity index (χ1) is 10.6. The largest absolute Gasteiger partial charge is 0.397 e. The summed E-state index contributed by atoms with van der Waals surface area (Å²) in [5, 5.41) is 0. The number of nitrogens with zero attached hydrogens (tertiary/aromatic N) is 1. The van der Waals surface area contributed by atoms with E-state index in [2.05, 4.69) is 37.3 Å². The van der Waals surface area contributed by atoms with Gasteiger partial charge in [-0.3, -0.25) is 9.78 Å². The second kappa shape index (κ2) is 4.92. The minimum atomic E-state index is 0.137. The highest BCUT2D eigenvalue weighted by Crippen LogP contribution is 2.39. The van der Waals surface area contributed by atoms with Crippen LogP contribution in [-0.4, -0.2) is 10.8 Å². The number of ketones is 1. The average Bonchev–Trinajstić information content (AvgIpc) is 2.92. The highest BCUT2D eigenvalue weighted by molar-refractivity contribution is 7.22. The van der Waals surface area contributed by atoms with Crippen LogP contribution in [0.2, 0.25) is 0 Å². The quantitative estimate of drug-likeness (QED) is 0.726. The van der Waals surface area contributed by atoms with Gasteiger partial charge in [0.1, 0.15) is 0 Å². The molecule has 2 heterocycles. The third-order valence-corrected chi connectivity index (χ3v) is 5.41. The average molecular weight is 308 g/mol. The predicted octanol–water partition coefficient (Wildman–Crippen LogP) is 4.37. The van der Waals surface area contributed by atoms with Gasteiger partial charge in [0.25, 0.3) is 0 Å². The van der Waals surface area contributed by atoms with E-state index >= 15 is 0 Å². The van der Waals surface area contributed by atoms with Gasteiger partial charge in [-0.05, 0) is 31.4 Å². The summed E-state index contributed by atoms with van der Waals surface area (Å²) in [6, 6.07) is 10.5. The molecule has 0 unspecified atom stereocenters. The fourth-order valence-electron chi connectivity index (χ4n) is 3.02. The normalized spacial score (nSPS) is 14.3. The topological polar surface area (TPSA) is 56.0 Å². The molecule has 0 radical (unpaired) electrons. The Labute approximate surface area is 132 Å². The van der Waals surface area contributed by atoms with Crippen LogP contribution in [0.5, 0.6) is 0 Å². The minimum absolute atomic E-state index is 0.137. The molecular formula is C18H16N2OS. The first kappa shape index (κ1) is 13.5. The summed E-state index contributed by atoms with van der Waals surface area (Å²) >= 11 is 1.62. The summed E-state index contributed by atoms with van der Waals surface area (Å²) in [4.78, 5) is 18.0. The Kier molecular flexibility index (Phi) is 3.01. The van der Waals surface area contributed by atoms with Crippen LogP contribution in [0.3, 0.4) is 0 Å². The van der Waals surface area contributed by atoms with Crippen molar-refractivity contribution in [3.05, 3.63) is 47.2 Å². The molecule has 1 aliphatic rings. The van der Waals surface area contributed by atoms with Gasteiger partial charge in [0.15, 0.2) is 5.78 Å². The maximum Gasteiger partial charge on any atom is 0.166 e. The molecule has 0 spiro atoms. The molecule has 4 rings (SSSR count). The molecule has 2 aromatic heterocycles. The van der Waals surface area contributed by atoms with Crippen LogP contribution in [0.25, 0.3) is 20.7 Å². The highest BCUT2D eigenvalue weighted by atomic mass is 32.1. The van der Waals surface area contributed by atoms with Crippen LogP contribution in [-0.2, 0) is 6.42 Å². The van der Waals surface area contributed by atoms with Gasteiger partial charge in [0, 0.05) is 11.3 Å². The lowest BCUT2D eigenvalue weighted by molar-refractivity contribution is 0.0973. The van der Waals surface area contributed by atoms with Crippen molar-refractivity contribution in [2.24, 2.45) is 0 Å². The van der Waals surface area contributed by atoms with Crippen LogP contribution in [0, 0.1) is 6.92 Å². The van der Waals surface area contributed by atoms with E-state index in [9.17, 15) is 4.79 Å². The molecule has 4 heteroatoms. The van der Waals surface area contributed by atoms with E-state index in [1.807, 2.05) is 0 Å². The van der Waals surface area contributed by atoms with Crippen molar-refractivity contribution < 1.29 is 4.79 Å². The molecule has 0 saturated carbocycles. The molecule has 0 atom stereocenters. The Morgan fingerprint density at radius 3 is 2.73 bits per heavy atom. The van der Waals surface area contributed by atoms with Crippen molar-refractivity contribution in [1.29, 1.82) is 0 Å². The molecule has 0 aliphatic heterocycles. The molecule has 3 aromatic rings. The monoisotopic (exact) mass is 308 g/mol. The molecule has 3 nitrogen and oxygen atoms in total. The zero-order valence-electron chi connectivity index (χ0n) is 12.3. The lowest BCUT2D eigenvalue weighted by Gasteiger charge is -2.15. The maximum atomic E-state index is 12.1. The Hall–Kier alpha value is -2.20. The third kappa shape index (κ3) is 2.03. The summed E-state index contributed by atoms with van der Waals surface area (Å²) < 4.78 is 0.935. The highest BCUT2D eigenvalue weighted by Gasteiger charge is 2.24. The van der Waals surface area contributed by atoms with Crippen LogP contribution in [0.4, 0.5) is 5.69 Å². The van der Waals surface area contributed by atoms with E-state index in [4.69, 9.17) is 10.7 Å². The van der Waals surface area contributed by atoms with Crippen LogP contribution < -0.4 is 5.73 Å². The zero-order chi connectivity index (χ0) is 15.3. The van der Waals surface area contributed by atoms with Gasteiger partial charge in [-0.25, -0.2) is 0 Å². The fourth-order valence-corrected chi connectivity index (χ4v) is 4.09. The predicted molar refractivity (Wildman–Crippen MR) is 91.5 cm³/mol. The Balaban J connectivity index is 1.93. The lowest BCUT2D eigenvalue weighted by atomic mass is 9.93. The molecule has 0 amide bonds. The number of hydrogen-bond donors (Lipinski definition) is 1. The van der Waals surface area contributed by atoms with Crippen LogP contribution in [0.15, 0.2) is 30.3 Å². The van der Waals surface area contributed by atoms with Crippen molar-refractivity contribution in [1.82, 2.24) is 4.98 Å². The summed E-state index contributed by atoms with van der Waals surface area (Å²) in [6.45, 7) is 2.08. The molecule has 0 fully saturated rings. The summed E-state index contributed by atoms with van der Waals surface area (Å²) in [7, 11) is 0. The Morgan fingerprint density at radius 2 is 1.95 bits per heavy atom. The van der Waals surface area contributed by atoms with Gasteiger partial charge < -0.3 is 5.73 Å². The number of anilines is 1. The number of Topliss-reactive ketones (excluding diaryl/α,β-unsaturated/α-hetero) is 1. The van der Waals surface area contributed by atoms with Gasteiger partial charge in [0.2, 0.25) is 0 Å². The Morgan fingerprint density at radius 1 is 1.18 bits per heavy atom. The number of carbonyl (C=O) groups is 1. The number of rotatable bonds is 1. The number of thiophene rings is 1. The standard InChI is InChI=1S/C18H16N2OS/c1-10-5-7-11(8-6-10)15-9-13-18(22-15)17(19)16-12(20-13)3-2-4-14(16)21/h5-9H,2-4H2,1H3,(H2,19,20). The van der Waals surface area contributed by atoms with Crippen molar-refractivity contribution in [2.45, 2.75) is 26.2 Å². The molecular weight excluding hydrogens is 292 g/mol. The van der Waals surface area contributed by atoms with Gasteiger partial charge in [-0.1, -0.05) is 29.8 Å². The van der Waals surface area contributed by atoms with Crippen molar-refractivity contribution in [2.75, 3.05) is 5.73 Å². The van der Waals surface area contributed by atoms with Gasteiger partial charge in [-0.15, -0.1) is 11.3 Å². The van der Waals surface area contributed by atoms with Crippen molar-refractivity contribution in [3.8, 4) is 10.4 Å². The van der Waals surface area contributed by atoms with E-state index in [-0.39, 0.29) is 5.78 Å². The molecule has 0 bridgehead atoms. The van der Waals surface area contributed by atoms with Crippen LogP contribution >= 0.6 is 11.3 Å². The van der Waals surface area contributed by atoms with Gasteiger partial charge in [0.05, 0.1) is 27.2 Å². The number of aryl methyl sites for hydroxylation is 2. The second-order valence-electron chi connectivity index (χ2n) is 5.81. The second-order valence-corrected chi connectivity index (χ2v) is 6.87. The first-order valence-electron chi connectivity index (χ1n) is 7.45. The number of nitrogen functional groups attached to an aromatic ring is 1. The number of carbonyl (C=O) groups excluding carboxylic acids is 1. The number of benzene rings is 1. The summed E-state index contributed by atoms with van der Waals surface area (Å²) in [5.41, 5.74) is 11.8. The van der Waals surface area contributed by atoms with E-state index in [0.29, 0.717) is 17.7 Å². The van der Waals surface area contributed by atoms with E-state index in [0.717, 1.165) is 39.2 Å². The molecule has 1 aromatic carbocycles. The minimum Gasteiger partial charge on any atom is -0.397 e. The maximum absolute atomic E-state index is 12.1. The number of hydrogen-bond acceptors (Lipinski definition) is 4. The molecule has 1 aliphatic carbocycles. The van der Waals surface area contributed by atoms with Crippen molar-refractivity contribution >= 4 is 33.0 Å². The van der Waals surface area contributed by atoms with E-state index < -0.39 is 0 Å². The molecule has 2 N–H and O–H groups in total. The summed E-state index contributed by atoms with van der Waals surface area (Å²) in [5.74, 6) is 0.137. The SMILES string of the molecule is Cc1ccc(-c2cc3nc4c(c(N)c3s2)C(=O)CCC4)cc1. The van der Waals surface area contributed by atoms with Crippen molar-refractivity contribution in [3.63, 3.8) is 0 Å². The number of nitrogens with two attached hydrogens (primary N) is 1. The zero-order valence-corrected chi connectivity index (χ0v) is 13.2.